The lowest BCUT2D eigenvalue weighted by atomic mass is 10.0. The Bertz CT molecular complexity index is 783. The fourth-order valence-corrected chi connectivity index (χ4v) is 3.01. The number of benzene rings is 1. The number of nitrogens with one attached hydrogen (secondary N) is 2. The summed E-state index contributed by atoms with van der Waals surface area (Å²) in [6.07, 6.45) is 4.25. The fraction of sp³-hybridized carbons (Fsp3) is 0.438. The second-order valence-corrected chi connectivity index (χ2v) is 6.18. The van der Waals surface area contributed by atoms with Crippen LogP contribution in [0.3, 0.4) is 0 Å². The molecule has 1 aromatic heterocycles. The van der Waals surface area contributed by atoms with Crippen molar-refractivity contribution in [2.24, 2.45) is 5.92 Å². The highest BCUT2D eigenvalue weighted by Gasteiger charge is 2.40. The summed E-state index contributed by atoms with van der Waals surface area (Å²) in [7, 11) is 0. The third-order valence-corrected chi connectivity index (χ3v) is 4.62. The molecule has 0 spiro atoms. The first-order valence-corrected chi connectivity index (χ1v) is 7.85. The molecule has 1 saturated heterocycles. The molecule has 2 aliphatic rings. The standard InChI is InChI=1S/C16H17FN4O2/c17-11-3-4-12-14(20-8-19-12)13(11)15(22)18-7-10-5-6-21(10)16(23)9-1-2-9/h3-4,8-10H,1-2,5-7H2,(H,18,22)(H,19,20). The Morgan fingerprint density at radius 3 is 2.87 bits per heavy atom. The summed E-state index contributed by atoms with van der Waals surface area (Å²) in [5, 5.41) is 2.74. The zero-order chi connectivity index (χ0) is 16.0. The molecule has 120 valence electrons. The molecule has 6 nitrogen and oxygen atoms in total. The monoisotopic (exact) mass is 316 g/mol. The van der Waals surface area contributed by atoms with Gasteiger partial charge in [0, 0.05) is 19.0 Å². The first-order chi connectivity index (χ1) is 11.1. The molecule has 1 unspecified atom stereocenters. The molecular formula is C16H17FN4O2. The number of fused-ring (bicyclic) bond motifs is 1. The van der Waals surface area contributed by atoms with Gasteiger partial charge in [-0.2, -0.15) is 0 Å². The van der Waals surface area contributed by atoms with Crippen molar-refractivity contribution in [1.82, 2.24) is 20.2 Å². The van der Waals surface area contributed by atoms with E-state index in [2.05, 4.69) is 15.3 Å². The molecule has 7 heteroatoms. The van der Waals surface area contributed by atoms with Crippen LogP contribution in [0.2, 0.25) is 0 Å². The van der Waals surface area contributed by atoms with Crippen LogP contribution in [0.4, 0.5) is 4.39 Å². The van der Waals surface area contributed by atoms with Crippen molar-refractivity contribution < 1.29 is 14.0 Å². The van der Waals surface area contributed by atoms with E-state index in [1.165, 1.54) is 12.4 Å². The molecule has 4 rings (SSSR count). The minimum Gasteiger partial charge on any atom is -0.350 e. The number of nitrogens with zero attached hydrogens (tertiary/aromatic N) is 2. The first-order valence-electron chi connectivity index (χ1n) is 7.85. The number of carbonyl (C=O) groups is 2. The molecule has 2 N–H and O–H groups in total. The van der Waals surface area contributed by atoms with Crippen LogP contribution in [0.1, 0.15) is 29.6 Å². The molecule has 2 aromatic rings. The largest absolute Gasteiger partial charge is 0.350 e. The Labute approximate surface area is 132 Å². The van der Waals surface area contributed by atoms with Crippen molar-refractivity contribution >= 4 is 22.8 Å². The maximum Gasteiger partial charge on any atom is 0.256 e. The van der Waals surface area contributed by atoms with E-state index in [1.807, 2.05) is 4.90 Å². The first kappa shape index (κ1) is 14.2. The number of carbonyl (C=O) groups excluding carboxylic acids is 2. The molecule has 23 heavy (non-hydrogen) atoms. The number of aromatic nitrogens is 2. The molecule has 1 saturated carbocycles. The number of halogens is 1. The molecule has 1 aliphatic heterocycles. The van der Waals surface area contributed by atoms with E-state index in [0.29, 0.717) is 17.6 Å². The van der Waals surface area contributed by atoms with Gasteiger partial charge in [-0.05, 0) is 31.4 Å². The third kappa shape index (κ3) is 2.46. The van der Waals surface area contributed by atoms with Crippen LogP contribution in [0, 0.1) is 11.7 Å². The van der Waals surface area contributed by atoms with Crippen molar-refractivity contribution in [2.75, 3.05) is 13.1 Å². The predicted octanol–water partition coefficient (Wildman–Crippen LogP) is 1.44. The summed E-state index contributed by atoms with van der Waals surface area (Å²) in [4.78, 5) is 33.1. The topological polar surface area (TPSA) is 78.1 Å². The number of H-pyrrole nitrogens is 1. The lowest BCUT2D eigenvalue weighted by Crippen LogP contribution is -2.56. The minimum absolute atomic E-state index is 0.0218. The Kier molecular flexibility index (Phi) is 3.28. The molecular weight excluding hydrogens is 299 g/mol. The molecule has 0 radical (unpaired) electrons. The smallest absolute Gasteiger partial charge is 0.256 e. The van der Waals surface area contributed by atoms with Gasteiger partial charge in [0.2, 0.25) is 5.91 Å². The van der Waals surface area contributed by atoms with Gasteiger partial charge in [0.1, 0.15) is 16.9 Å². The fourth-order valence-electron chi connectivity index (χ4n) is 3.01. The Balaban J connectivity index is 1.44. The van der Waals surface area contributed by atoms with Gasteiger partial charge >= 0.3 is 0 Å². The quantitative estimate of drug-likeness (QED) is 0.896. The number of amides is 2. The van der Waals surface area contributed by atoms with E-state index in [4.69, 9.17) is 0 Å². The van der Waals surface area contributed by atoms with Gasteiger partial charge in [-0.1, -0.05) is 0 Å². The van der Waals surface area contributed by atoms with Crippen LogP contribution >= 0.6 is 0 Å². The van der Waals surface area contributed by atoms with Crippen LogP contribution in [0.25, 0.3) is 11.0 Å². The van der Waals surface area contributed by atoms with E-state index in [9.17, 15) is 14.0 Å². The van der Waals surface area contributed by atoms with Crippen molar-refractivity contribution in [3.63, 3.8) is 0 Å². The maximum atomic E-state index is 14.0. The summed E-state index contributed by atoms with van der Waals surface area (Å²) in [5.41, 5.74) is 0.885. The molecule has 2 fully saturated rings. The average Bonchev–Trinajstić information content (AvgIpc) is 3.24. The number of hydrogen-bond acceptors (Lipinski definition) is 3. The van der Waals surface area contributed by atoms with Crippen LogP contribution < -0.4 is 5.32 Å². The molecule has 2 amide bonds. The van der Waals surface area contributed by atoms with Gasteiger partial charge in [-0.3, -0.25) is 9.59 Å². The van der Waals surface area contributed by atoms with Crippen molar-refractivity contribution in [3.05, 3.63) is 29.8 Å². The predicted molar refractivity (Wildman–Crippen MR) is 81.2 cm³/mol. The van der Waals surface area contributed by atoms with Gasteiger partial charge in [-0.15, -0.1) is 0 Å². The molecule has 1 atom stereocenters. The zero-order valence-electron chi connectivity index (χ0n) is 12.5. The van der Waals surface area contributed by atoms with Crippen molar-refractivity contribution in [2.45, 2.75) is 25.3 Å². The Hall–Kier alpha value is -2.44. The highest BCUT2D eigenvalue weighted by molar-refractivity contribution is 6.05. The number of aromatic amines is 1. The summed E-state index contributed by atoms with van der Waals surface area (Å²) >= 11 is 0. The van der Waals surface area contributed by atoms with Crippen LogP contribution in [-0.2, 0) is 4.79 Å². The van der Waals surface area contributed by atoms with E-state index < -0.39 is 11.7 Å². The van der Waals surface area contributed by atoms with Crippen molar-refractivity contribution in [1.29, 1.82) is 0 Å². The zero-order valence-corrected chi connectivity index (χ0v) is 12.5. The summed E-state index contributed by atoms with van der Waals surface area (Å²) < 4.78 is 14.0. The Morgan fingerprint density at radius 1 is 1.35 bits per heavy atom. The van der Waals surface area contributed by atoms with Crippen LogP contribution in [0.5, 0.6) is 0 Å². The Morgan fingerprint density at radius 2 is 2.17 bits per heavy atom. The SMILES string of the molecule is O=C(NCC1CCN1C(=O)C1CC1)c1c(F)ccc2[nH]cnc12. The van der Waals surface area contributed by atoms with Gasteiger partial charge < -0.3 is 15.2 Å². The summed E-state index contributed by atoms with van der Waals surface area (Å²) in [5.74, 6) is -0.715. The van der Waals surface area contributed by atoms with E-state index in [0.717, 1.165) is 25.8 Å². The van der Waals surface area contributed by atoms with Crippen LogP contribution in [0.15, 0.2) is 18.5 Å². The number of hydrogen-bond donors (Lipinski definition) is 2. The number of likely N-dealkylation sites (tertiary alicyclic amines) is 1. The molecule has 1 aromatic carbocycles. The summed E-state index contributed by atoms with van der Waals surface area (Å²) in [6, 6.07) is 2.83. The van der Waals surface area contributed by atoms with Gasteiger partial charge in [-0.25, -0.2) is 9.37 Å². The third-order valence-electron chi connectivity index (χ3n) is 4.62. The van der Waals surface area contributed by atoms with Crippen molar-refractivity contribution in [3.8, 4) is 0 Å². The molecule has 2 heterocycles. The second-order valence-electron chi connectivity index (χ2n) is 6.18. The lowest BCUT2D eigenvalue weighted by Gasteiger charge is -2.41. The van der Waals surface area contributed by atoms with Gasteiger partial charge in [0.15, 0.2) is 0 Å². The average molecular weight is 316 g/mol. The lowest BCUT2D eigenvalue weighted by molar-refractivity contribution is -0.140. The van der Waals surface area contributed by atoms with E-state index >= 15 is 0 Å². The van der Waals surface area contributed by atoms with Crippen LogP contribution in [-0.4, -0.2) is 45.8 Å². The number of imidazole rings is 1. The minimum atomic E-state index is -0.596. The van der Waals surface area contributed by atoms with Gasteiger partial charge in [0.05, 0.1) is 17.9 Å². The summed E-state index contributed by atoms with van der Waals surface area (Å²) in [6.45, 7) is 1.09. The highest BCUT2D eigenvalue weighted by Crippen LogP contribution is 2.34. The normalized spacial score (nSPS) is 20.4. The van der Waals surface area contributed by atoms with Gasteiger partial charge in [0.25, 0.3) is 5.91 Å². The molecule has 1 aliphatic carbocycles. The van der Waals surface area contributed by atoms with E-state index in [1.54, 1.807) is 6.07 Å². The maximum absolute atomic E-state index is 14.0. The van der Waals surface area contributed by atoms with E-state index in [-0.39, 0.29) is 23.4 Å². The second kappa shape index (κ2) is 5.33. The number of rotatable bonds is 4. The molecule has 0 bridgehead atoms. The highest BCUT2D eigenvalue weighted by atomic mass is 19.1.